The first-order valence-electron chi connectivity index (χ1n) is 8.02. The Kier molecular flexibility index (Phi) is 7.52. The van der Waals surface area contributed by atoms with Crippen LogP contribution < -0.4 is 14.2 Å². The van der Waals surface area contributed by atoms with Crippen molar-refractivity contribution in [3.63, 3.8) is 0 Å². The molecule has 2 aromatic carbocycles. The first-order chi connectivity index (χ1) is 12.9. The molecule has 0 aromatic heterocycles. The van der Waals surface area contributed by atoms with Gasteiger partial charge in [0.25, 0.3) is 0 Å². The van der Waals surface area contributed by atoms with E-state index in [1.807, 2.05) is 12.3 Å². The van der Waals surface area contributed by atoms with Crippen molar-refractivity contribution >= 4 is 27.8 Å². The number of methoxy groups -OCH3 is 1. The summed E-state index contributed by atoms with van der Waals surface area (Å²) < 4.78 is 38.0. The number of rotatable bonds is 10. The van der Waals surface area contributed by atoms with Gasteiger partial charge in [0, 0.05) is 0 Å². The molecule has 0 heterocycles. The molecule has 2 aromatic rings. The molecule has 0 aliphatic heterocycles. The van der Waals surface area contributed by atoms with Gasteiger partial charge in [0.05, 0.1) is 12.0 Å². The van der Waals surface area contributed by atoms with Gasteiger partial charge in [-0.2, -0.15) is 16.5 Å². The number of hydrogen-bond acceptors (Lipinski definition) is 6. The minimum Gasteiger partial charge on any atom is -0.493 e. The average molecular weight is 412 g/mol. The van der Waals surface area contributed by atoms with E-state index in [2.05, 4.69) is 4.72 Å². The molecular weight excluding hydrogens is 390 g/mol. The predicted octanol–water partition coefficient (Wildman–Crippen LogP) is 2.97. The summed E-state index contributed by atoms with van der Waals surface area (Å²) in [5.41, 5.74) is 0. The van der Waals surface area contributed by atoms with E-state index in [9.17, 15) is 18.3 Å². The second-order valence-corrected chi connectivity index (χ2v) is 8.22. The number of hydrogen-bond donors (Lipinski definition) is 2. The van der Waals surface area contributed by atoms with Crippen molar-refractivity contribution in [1.29, 1.82) is 0 Å². The molecule has 0 bridgehead atoms. The van der Waals surface area contributed by atoms with Crippen molar-refractivity contribution in [3.8, 4) is 17.2 Å². The molecule has 0 radical (unpaired) electrons. The molecule has 27 heavy (non-hydrogen) atoms. The molecule has 146 valence electrons. The summed E-state index contributed by atoms with van der Waals surface area (Å²) in [6.07, 6.45) is 2.03. The third-order valence-electron chi connectivity index (χ3n) is 3.64. The van der Waals surface area contributed by atoms with E-state index in [-0.39, 0.29) is 11.3 Å². The van der Waals surface area contributed by atoms with Crippen LogP contribution in [0, 0.1) is 0 Å². The van der Waals surface area contributed by atoms with E-state index < -0.39 is 22.0 Å². The third kappa shape index (κ3) is 5.88. The maximum absolute atomic E-state index is 12.4. The quantitative estimate of drug-likeness (QED) is 0.620. The van der Waals surface area contributed by atoms with Crippen molar-refractivity contribution in [1.82, 2.24) is 4.72 Å². The first kappa shape index (κ1) is 21.1. The molecule has 0 aliphatic rings. The number of para-hydroxylation sites is 2. The van der Waals surface area contributed by atoms with E-state index in [0.717, 1.165) is 0 Å². The topological polar surface area (TPSA) is 102 Å². The van der Waals surface area contributed by atoms with Crippen LogP contribution in [0.5, 0.6) is 17.2 Å². The largest absolute Gasteiger partial charge is 0.493 e. The van der Waals surface area contributed by atoms with E-state index in [0.29, 0.717) is 23.0 Å². The van der Waals surface area contributed by atoms with Crippen molar-refractivity contribution in [2.24, 2.45) is 0 Å². The van der Waals surface area contributed by atoms with Crippen molar-refractivity contribution in [3.05, 3.63) is 48.5 Å². The summed E-state index contributed by atoms with van der Waals surface area (Å²) in [7, 11) is -2.43. The molecule has 1 atom stereocenters. The fraction of sp³-hybridized carbons (Fsp3) is 0.278. The Balaban J connectivity index is 2.14. The van der Waals surface area contributed by atoms with Gasteiger partial charge in [0.2, 0.25) is 10.0 Å². The van der Waals surface area contributed by atoms with Crippen LogP contribution in [0.15, 0.2) is 53.4 Å². The summed E-state index contributed by atoms with van der Waals surface area (Å²) >= 11 is 1.45. The van der Waals surface area contributed by atoms with Gasteiger partial charge in [-0.15, -0.1) is 0 Å². The number of carboxylic acid groups (broad SMARTS) is 1. The van der Waals surface area contributed by atoms with Crippen LogP contribution in [0.2, 0.25) is 0 Å². The summed E-state index contributed by atoms with van der Waals surface area (Å²) in [5.74, 6) is 0.801. The van der Waals surface area contributed by atoms with E-state index in [4.69, 9.17) is 9.47 Å². The fourth-order valence-electron chi connectivity index (χ4n) is 2.24. The van der Waals surface area contributed by atoms with Gasteiger partial charge in [0.1, 0.15) is 11.8 Å². The number of ether oxygens (including phenoxy) is 2. The highest BCUT2D eigenvalue weighted by molar-refractivity contribution is 7.98. The van der Waals surface area contributed by atoms with E-state index in [1.54, 1.807) is 18.2 Å². The Hall–Kier alpha value is -2.23. The molecule has 0 saturated heterocycles. The molecule has 0 aliphatic carbocycles. The van der Waals surface area contributed by atoms with Gasteiger partial charge < -0.3 is 14.6 Å². The minimum atomic E-state index is -3.96. The maximum Gasteiger partial charge on any atom is 0.321 e. The number of carbonyl (C=O) groups is 1. The fourth-order valence-corrected chi connectivity index (χ4v) is 3.94. The van der Waals surface area contributed by atoms with Crippen molar-refractivity contribution in [2.75, 3.05) is 19.1 Å². The normalized spacial score (nSPS) is 12.4. The standard InChI is InChI=1S/C18H21NO6S2/c1-24-16-5-3-4-6-17(16)25-13-7-9-14(10-8-13)27(22,23)19-15(18(20)21)11-12-26-2/h3-10,15,19H,11-12H2,1-2H3,(H,20,21)/t15-/m0/s1. The molecule has 2 N–H and O–H groups in total. The molecule has 2 rings (SSSR count). The zero-order chi connectivity index (χ0) is 19.9. The molecule has 0 spiro atoms. The van der Waals surface area contributed by atoms with Crippen LogP contribution >= 0.6 is 11.8 Å². The van der Waals surface area contributed by atoms with Gasteiger partial charge in [0.15, 0.2) is 11.5 Å². The zero-order valence-electron chi connectivity index (χ0n) is 14.9. The van der Waals surface area contributed by atoms with Crippen LogP contribution in [0.3, 0.4) is 0 Å². The number of aliphatic carboxylic acids is 1. The molecule has 7 nitrogen and oxygen atoms in total. The highest BCUT2D eigenvalue weighted by Crippen LogP contribution is 2.31. The van der Waals surface area contributed by atoms with Crippen molar-refractivity contribution in [2.45, 2.75) is 17.4 Å². The number of sulfonamides is 1. The van der Waals surface area contributed by atoms with Gasteiger partial charge in [-0.3, -0.25) is 4.79 Å². The second kappa shape index (κ2) is 9.63. The molecule has 9 heteroatoms. The lowest BCUT2D eigenvalue weighted by atomic mass is 10.2. The summed E-state index contributed by atoms with van der Waals surface area (Å²) in [5, 5.41) is 9.20. The lowest BCUT2D eigenvalue weighted by Gasteiger charge is -2.15. The van der Waals surface area contributed by atoms with E-state index >= 15 is 0 Å². The smallest absolute Gasteiger partial charge is 0.321 e. The maximum atomic E-state index is 12.4. The van der Waals surface area contributed by atoms with Crippen LogP contribution in [0.25, 0.3) is 0 Å². The van der Waals surface area contributed by atoms with Crippen LogP contribution in [0.4, 0.5) is 0 Å². The Labute approximate surface area is 162 Å². The molecule has 0 amide bonds. The van der Waals surface area contributed by atoms with Crippen LogP contribution in [-0.2, 0) is 14.8 Å². The first-order valence-corrected chi connectivity index (χ1v) is 10.9. The molecule has 0 unspecified atom stereocenters. The van der Waals surface area contributed by atoms with Gasteiger partial charge >= 0.3 is 5.97 Å². The lowest BCUT2D eigenvalue weighted by Crippen LogP contribution is -2.41. The molecular formula is C18H21NO6S2. The second-order valence-electron chi connectivity index (χ2n) is 5.52. The predicted molar refractivity (Wildman–Crippen MR) is 104 cm³/mol. The van der Waals surface area contributed by atoms with Gasteiger partial charge in [-0.1, -0.05) is 12.1 Å². The average Bonchev–Trinajstić information content (AvgIpc) is 2.65. The summed E-state index contributed by atoms with van der Waals surface area (Å²) in [4.78, 5) is 11.2. The highest BCUT2D eigenvalue weighted by atomic mass is 32.2. The number of carboxylic acids is 1. The highest BCUT2D eigenvalue weighted by Gasteiger charge is 2.25. The SMILES string of the molecule is COc1ccccc1Oc1ccc(S(=O)(=O)N[C@@H](CCSC)C(=O)O)cc1. The van der Waals surface area contributed by atoms with Gasteiger partial charge in [-0.25, -0.2) is 8.42 Å². The minimum absolute atomic E-state index is 0.0368. The number of thioether (sulfide) groups is 1. The summed E-state index contributed by atoms with van der Waals surface area (Å²) in [6, 6.07) is 11.6. The third-order valence-corrected chi connectivity index (χ3v) is 5.77. The Morgan fingerprint density at radius 3 is 2.33 bits per heavy atom. The van der Waals surface area contributed by atoms with Crippen LogP contribution in [-0.4, -0.2) is 44.7 Å². The Bertz CT molecular complexity index is 868. The Morgan fingerprint density at radius 1 is 1.15 bits per heavy atom. The summed E-state index contributed by atoms with van der Waals surface area (Å²) in [6.45, 7) is 0. The van der Waals surface area contributed by atoms with Gasteiger partial charge in [-0.05, 0) is 54.8 Å². The number of nitrogens with one attached hydrogen (secondary N) is 1. The Morgan fingerprint density at radius 2 is 1.78 bits per heavy atom. The van der Waals surface area contributed by atoms with Crippen molar-refractivity contribution < 1.29 is 27.8 Å². The number of benzene rings is 2. The monoisotopic (exact) mass is 411 g/mol. The molecule has 0 saturated carbocycles. The van der Waals surface area contributed by atoms with Crippen LogP contribution in [0.1, 0.15) is 6.42 Å². The molecule has 0 fully saturated rings. The van der Waals surface area contributed by atoms with E-state index in [1.165, 1.54) is 43.1 Å². The zero-order valence-corrected chi connectivity index (χ0v) is 16.5. The lowest BCUT2D eigenvalue weighted by molar-refractivity contribution is -0.139.